The molecule has 0 spiro atoms. The molecule has 0 bridgehead atoms. The Hall–Kier alpha value is -1.14. The summed E-state index contributed by atoms with van der Waals surface area (Å²) in [6.45, 7) is 6.84. The zero-order valence-electron chi connectivity index (χ0n) is 11.7. The molecule has 0 radical (unpaired) electrons. The average molecular weight is 329 g/mol. The van der Waals surface area contributed by atoms with Gasteiger partial charge in [-0.2, -0.15) is 5.10 Å². The fourth-order valence-corrected chi connectivity index (χ4v) is 2.19. The van der Waals surface area contributed by atoms with Crippen LogP contribution >= 0.6 is 15.9 Å². The summed E-state index contributed by atoms with van der Waals surface area (Å²) in [5, 5.41) is 25.5. The number of nitrogens with one attached hydrogen (secondary N) is 2. The Morgan fingerprint density at radius 3 is 2.68 bits per heavy atom. The minimum atomic E-state index is -0.864. The lowest BCUT2D eigenvalue weighted by Gasteiger charge is -2.14. The molecule has 0 amide bonds. The normalized spacial score (nSPS) is 13.7. The standard InChI is InChI=1S/C13H21BrN4O/c1-5-18-7-10(11(17-18)8(2)3)12(19)9(6-16-4)13(14)15/h6-8,12,15-16,19H,5H2,1-4H3/b9-6-,15-13?. The molecule has 1 aromatic rings. The fourth-order valence-electron chi connectivity index (χ4n) is 1.86. The summed E-state index contributed by atoms with van der Waals surface area (Å²) in [6.07, 6.45) is 2.60. The highest BCUT2D eigenvalue weighted by Gasteiger charge is 2.23. The summed E-state index contributed by atoms with van der Waals surface area (Å²) in [6, 6.07) is 0. The van der Waals surface area contributed by atoms with Gasteiger partial charge in [0.1, 0.15) is 10.7 Å². The van der Waals surface area contributed by atoms with E-state index < -0.39 is 6.10 Å². The van der Waals surface area contributed by atoms with Gasteiger partial charge in [-0.05, 0) is 28.8 Å². The van der Waals surface area contributed by atoms with Crippen molar-refractivity contribution in [3.8, 4) is 0 Å². The van der Waals surface area contributed by atoms with Gasteiger partial charge in [-0.15, -0.1) is 0 Å². The van der Waals surface area contributed by atoms with Crippen LogP contribution in [-0.4, -0.2) is 26.6 Å². The summed E-state index contributed by atoms with van der Waals surface area (Å²) < 4.78 is 1.97. The first-order valence-electron chi connectivity index (χ1n) is 6.29. The van der Waals surface area contributed by atoms with Crippen LogP contribution in [0.15, 0.2) is 18.0 Å². The second-order valence-electron chi connectivity index (χ2n) is 4.58. The van der Waals surface area contributed by atoms with Gasteiger partial charge in [-0.1, -0.05) is 13.8 Å². The Labute approximate surface area is 122 Å². The highest BCUT2D eigenvalue weighted by Crippen LogP contribution is 2.29. The van der Waals surface area contributed by atoms with E-state index in [2.05, 4.69) is 26.3 Å². The van der Waals surface area contributed by atoms with E-state index in [1.165, 1.54) is 0 Å². The van der Waals surface area contributed by atoms with Crippen molar-refractivity contribution in [1.29, 1.82) is 5.41 Å². The highest BCUT2D eigenvalue weighted by molar-refractivity contribution is 9.18. The number of aliphatic hydroxyl groups is 1. The van der Waals surface area contributed by atoms with Crippen LogP contribution in [-0.2, 0) is 6.54 Å². The lowest BCUT2D eigenvalue weighted by atomic mass is 9.98. The molecule has 0 saturated heterocycles. The van der Waals surface area contributed by atoms with Crippen LogP contribution in [0.4, 0.5) is 0 Å². The first-order valence-corrected chi connectivity index (χ1v) is 7.08. The van der Waals surface area contributed by atoms with Gasteiger partial charge >= 0.3 is 0 Å². The third-order valence-corrected chi connectivity index (χ3v) is 3.29. The first-order chi connectivity index (χ1) is 8.92. The summed E-state index contributed by atoms with van der Waals surface area (Å²) in [5.41, 5.74) is 2.10. The van der Waals surface area contributed by atoms with Gasteiger partial charge in [0.25, 0.3) is 0 Å². The van der Waals surface area contributed by atoms with Crippen LogP contribution in [0.25, 0.3) is 0 Å². The second-order valence-corrected chi connectivity index (χ2v) is 5.38. The molecule has 19 heavy (non-hydrogen) atoms. The number of aliphatic hydroxyl groups excluding tert-OH is 1. The monoisotopic (exact) mass is 328 g/mol. The molecule has 1 rings (SSSR count). The number of aryl methyl sites for hydroxylation is 1. The van der Waals surface area contributed by atoms with E-state index in [-0.39, 0.29) is 10.5 Å². The lowest BCUT2D eigenvalue weighted by molar-refractivity contribution is 0.220. The van der Waals surface area contributed by atoms with E-state index in [9.17, 15) is 5.11 Å². The van der Waals surface area contributed by atoms with Crippen LogP contribution in [0.3, 0.4) is 0 Å². The molecular weight excluding hydrogens is 308 g/mol. The summed E-state index contributed by atoms with van der Waals surface area (Å²) in [4.78, 5) is 0. The molecule has 106 valence electrons. The summed E-state index contributed by atoms with van der Waals surface area (Å²) in [5.74, 6) is 0.220. The fraction of sp³-hybridized carbons (Fsp3) is 0.538. The molecule has 5 nitrogen and oxygen atoms in total. The highest BCUT2D eigenvalue weighted by atomic mass is 79.9. The quantitative estimate of drug-likeness (QED) is 0.702. The topological polar surface area (TPSA) is 73.9 Å². The average Bonchev–Trinajstić information content (AvgIpc) is 2.79. The summed E-state index contributed by atoms with van der Waals surface area (Å²) >= 11 is 3.11. The van der Waals surface area contributed by atoms with Crippen molar-refractivity contribution in [1.82, 2.24) is 15.1 Å². The molecule has 1 unspecified atom stereocenters. The molecule has 1 atom stereocenters. The molecule has 0 aromatic carbocycles. The van der Waals surface area contributed by atoms with Crippen molar-refractivity contribution in [2.24, 2.45) is 0 Å². The van der Waals surface area contributed by atoms with Crippen LogP contribution in [0.5, 0.6) is 0 Å². The Morgan fingerprint density at radius 2 is 2.26 bits per heavy atom. The molecule has 0 aliphatic rings. The Morgan fingerprint density at radius 1 is 1.63 bits per heavy atom. The maximum absolute atomic E-state index is 10.5. The van der Waals surface area contributed by atoms with Gasteiger partial charge in [0, 0.05) is 37.1 Å². The second kappa shape index (κ2) is 6.86. The molecule has 0 aliphatic heterocycles. The van der Waals surface area contributed by atoms with Crippen molar-refractivity contribution in [3.05, 3.63) is 29.2 Å². The molecule has 1 heterocycles. The van der Waals surface area contributed by atoms with Crippen molar-refractivity contribution in [2.45, 2.75) is 39.3 Å². The van der Waals surface area contributed by atoms with Gasteiger partial charge in [0.15, 0.2) is 0 Å². The van der Waals surface area contributed by atoms with Crippen LogP contribution in [0.1, 0.15) is 44.1 Å². The van der Waals surface area contributed by atoms with E-state index in [4.69, 9.17) is 5.41 Å². The number of hydrogen-bond donors (Lipinski definition) is 3. The lowest BCUT2D eigenvalue weighted by Crippen LogP contribution is -2.11. The molecule has 1 aromatic heterocycles. The third kappa shape index (κ3) is 3.67. The SMILES string of the molecule is CCn1cc(C(O)/C(=C/NC)C(=N)Br)c(C(C)C)n1. The van der Waals surface area contributed by atoms with Gasteiger partial charge in [-0.25, -0.2) is 0 Å². The molecule has 0 fully saturated rings. The van der Waals surface area contributed by atoms with Crippen molar-refractivity contribution in [2.75, 3.05) is 7.05 Å². The van der Waals surface area contributed by atoms with Gasteiger partial charge in [-0.3, -0.25) is 10.1 Å². The maximum atomic E-state index is 10.5. The zero-order valence-corrected chi connectivity index (χ0v) is 13.3. The van der Waals surface area contributed by atoms with E-state index in [1.54, 1.807) is 13.2 Å². The maximum Gasteiger partial charge on any atom is 0.111 e. The van der Waals surface area contributed by atoms with Gasteiger partial charge in [0.05, 0.1) is 5.69 Å². The van der Waals surface area contributed by atoms with Gasteiger partial charge in [0.2, 0.25) is 0 Å². The molecule has 6 heteroatoms. The number of aromatic nitrogens is 2. The number of nitrogens with zero attached hydrogens (tertiary/aromatic N) is 2. The molecular formula is C13H21BrN4O. The Kier molecular flexibility index (Phi) is 5.75. The minimum absolute atomic E-state index is 0.160. The third-order valence-electron chi connectivity index (χ3n) is 2.83. The van der Waals surface area contributed by atoms with E-state index in [0.29, 0.717) is 5.57 Å². The van der Waals surface area contributed by atoms with E-state index in [0.717, 1.165) is 17.8 Å². The Balaban J connectivity index is 3.23. The van der Waals surface area contributed by atoms with Crippen molar-refractivity contribution >= 4 is 20.6 Å². The van der Waals surface area contributed by atoms with Crippen molar-refractivity contribution in [3.63, 3.8) is 0 Å². The van der Waals surface area contributed by atoms with Crippen LogP contribution in [0.2, 0.25) is 0 Å². The van der Waals surface area contributed by atoms with Crippen LogP contribution in [0, 0.1) is 5.41 Å². The van der Waals surface area contributed by atoms with Gasteiger partial charge < -0.3 is 10.4 Å². The number of halogens is 1. The molecule has 3 N–H and O–H groups in total. The van der Waals surface area contributed by atoms with E-state index >= 15 is 0 Å². The van der Waals surface area contributed by atoms with Crippen LogP contribution < -0.4 is 5.32 Å². The number of hydrogen-bond acceptors (Lipinski definition) is 4. The number of rotatable bonds is 6. The largest absolute Gasteiger partial charge is 0.394 e. The first kappa shape index (κ1) is 15.9. The molecule has 0 aliphatic carbocycles. The zero-order chi connectivity index (χ0) is 14.6. The minimum Gasteiger partial charge on any atom is -0.394 e. The van der Waals surface area contributed by atoms with E-state index in [1.807, 2.05) is 31.6 Å². The smallest absolute Gasteiger partial charge is 0.111 e. The van der Waals surface area contributed by atoms with Crippen molar-refractivity contribution < 1.29 is 5.11 Å². The predicted molar refractivity (Wildman–Crippen MR) is 80.7 cm³/mol. The molecule has 0 saturated carbocycles. The summed E-state index contributed by atoms with van der Waals surface area (Å²) in [7, 11) is 1.74. The Bertz CT molecular complexity index is 479. The predicted octanol–water partition coefficient (Wildman–Crippen LogP) is 2.54.